The molecule has 2 fully saturated rings. The van der Waals surface area contributed by atoms with E-state index in [0.717, 1.165) is 0 Å². The molecule has 176 valence electrons. The van der Waals surface area contributed by atoms with E-state index in [1.807, 2.05) is 23.6 Å². The second kappa shape index (κ2) is 8.67. The average molecular weight is 460 g/mol. The van der Waals surface area contributed by atoms with Crippen LogP contribution in [0.2, 0.25) is 0 Å². The first kappa shape index (κ1) is 21.7. The molecule has 10 nitrogen and oxygen atoms in total. The van der Waals surface area contributed by atoms with Crippen LogP contribution in [0.3, 0.4) is 0 Å². The van der Waals surface area contributed by atoms with Crippen molar-refractivity contribution in [3.05, 3.63) is 24.0 Å². The monoisotopic (exact) mass is 460 g/mol. The molecular formula is C21H26F2N8O2. The Morgan fingerprint density at radius 3 is 2.45 bits per heavy atom. The minimum Gasteiger partial charge on any atom is -0.399 e. The molecule has 0 bridgehead atoms. The van der Waals surface area contributed by atoms with Gasteiger partial charge in [0.2, 0.25) is 17.8 Å². The summed E-state index contributed by atoms with van der Waals surface area (Å²) in [5.74, 6) is 0.464. The number of morpholine rings is 2. The van der Waals surface area contributed by atoms with Gasteiger partial charge in [0, 0.05) is 25.3 Å². The molecule has 0 aliphatic carbocycles. The number of alkyl halides is 2. The van der Waals surface area contributed by atoms with Gasteiger partial charge in [-0.2, -0.15) is 15.0 Å². The zero-order chi connectivity index (χ0) is 23.1. The number of benzene rings is 1. The number of imidazole rings is 1. The molecule has 12 heteroatoms. The molecule has 0 unspecified atom stereocenters. The summed E-state index contributed by atoms with van der Waals surface area (Å²) in [5, 5.41) is 0. The summed E-state index contributed by atoms with van der Waals surface area (Å²) < 4.78 is 40.5. The van der Waals surface area contributed by atoms with Crippen molar-refractivity contribution in [3.63, 3.8) is 0 Å². The number of halogens is 2. The van der Waals surface area contributed by atoms with Crippen molar-refractivity contribution in [3.8, 4) is 5.95 Å². The summed E-state index contributed by atoms with van der Waals surface area (Å²) in [6, 6.07) is 4.84. The lowest BCUT2D eigenvalue weighted by Gasteiger charge is -2.38. The van der Waals surface area contributed by atoms with Gasteiger partial charge in [-0.25, -0.2) is 13.8 Å². The highest BCUT2D eigenvalue weighted by Gasteiger charge is 2.30. The molecule has 0 radical (unpaired) electrons. The van der Waals surface area contributed by atoms with E-state index in [0.29, 0.717) is 68.1 Å². The number of anilines is 3. The lowest BCUT2D eigenvalue weighted by Crippen LogP contribution is -2.49. The van der Waals surface area contributed by atoms with Crippen LogP contribution in [0.25, 0.3) is 17.0 Å². The molecule has 1 aromatic carbocycles. The van der Waals surface area contributed by atoms with Crippen molar-refractivity contribution >= 4 is 28.6 Å². The van der Waals surface area contributed by atoms with Gasteiger partial charge in [-0.1, -0.05) is 0 Å². The molecule has 2 N–H and O–H groups in total. The predicted octanol–water partition coefficient (Wildman–Crippen LogP) is 2.18. The standard InChI is InChI=1S/C21H26F2N8O2/c1-12-13(2)33-10-7-30(12)20-26-19(29-5-8-32-9-6-29)27-21(28-20)31-16-11-14(24)3-4-15(16)25-18(31)17(22)23/h3-4,11-13,17H,5-10,24H2,1-2H3/t12-,13+/m1/s1. The molecule has 5 rings (SSSR count). The molecule has 3 aromatic rings. The molecule has 0 spiro atoms. The molecule has 2 aliphatic heterocycles. The number of ether oxygens (including phenoxy) is 2. The Morgan fingerprint density at radius 1 is 0.970 bits per heavy atom. The number of nitrogens with two attached hydrogens (primary N) is 1. The van der Waals surface area contributed by atoms with E-state index in [2.05, 4.69) is 15.0 Å². The quantitative estimate of drug-likeness (QED) is 0.586. The Balaban J connectivity index is 1.70. The maximum Gasteiger partial charge on any atom is 0.296 e. The van der Waals surface area contributed by atoms with Gasteiger partial charge in [0.25, 0.3) is 6.43 Å². The first-order valence-electron chi connectivity index (χ1n) is 11.0. The number of hydrogen-bond acceptors (Lipinski definition) is 9. The third-order valence-electron chi connectivity index (χ3n) is 6.13. The normalized spacial score (nSPS) is 21.8. The van der Waals surface area contributed by atoms with Crippen molar-refractivity contribution in [2.24, 2.45) is 0 Å². The molecule has 2 aliphatic rings. The molecule has 2 aromatic heterocycles. The highest BCUT2D eigenvalue weighted by Crippen LogP contribution is 2.30. The number of fused-ring (bicyclic) bond motifs is 1. The van der Waals surface area contributed by atoms with E-state index in [-0.39, 0.29) is 18.1 Å². The third kappa shape index (κ3) is 4.04. The van der Waals surface area contributed by atoms with Gasteiger partial charge >= 0.3 is 0 Å². The Morgan fingerprint density at radius 2 is 1.70 bits per heavy atom. The van der Waals surface area contributed by atoms with Crippen LogP contribution >= 0.6 is 0 Å². The summed E-state index contributed by atoms with van der Waals surface area (Å²) >= 11 is 0. The molecule has 2 atom stereocenters. The van der Waals surface area contributed by atoms with Crippen LogP contribution in [0.15, 0.2) is 18.2 Å². The van der Waals surface area contributed by atoms with E-state index in [9.17, 15) is 8.78 Å². The number of hydrogen-bond donors (Lipinski definition) is 1. The van der Waals surface area contributed by atoms with E-state index in [4.69, 9.17) is 20.2 Å². The van der Waals surface area contributed by atoms with Gasteiger partial charge in [0.05, 0.1) is 43.0 Å². The first-order chi connectivity index (χ1) is 15.9. The number of nitrogens with zero attached hydrogens (tertiary/aromatic N) is 7. The van der Waals surface area contributed by atoms with Crippen molar-refractivity contribution < 1.29 is 18.3 Å². The third-order valence-corrected chi connectivity index (χ3v) is 6.13. The minimum atomic E-state index is -2.83. The number of rotatable bonds is 4. The summed E-state index contributed by atoms with van der Waals surface area (Å²) in [5.41, 5.74) is 7.20. The maximum atomic E-state index is 14.0. The van der Waals surface area contributed by atoms with Crippen molar-refractivity contribution in [1.29, 1.82) is 0 Å². The lowest BCUT2D eigenvalue weighted by atomic mass is 10.1. The Bertz CT molecular complexity index is 1150. The van der Waals surface area contributed by atoms with Crippen molar-refractivity contribution in [2.45, 2.75) is 32.4 Å². The Kier molecular flexibility index (Phi) is 5.71. The predicted molar refractivity (Wildman–Crippen MR) is 119 cm³/mol. The van der Waals surface area contributed by atoms with Gasteiger partial charge in [-0.05, 0) is 32.0 Å². The second-order valence-corrected chi connectivity index (χ2v) is 8.20. The van der Waals surface area contributed by atoms with Gasteiger partial charge in [0.1, 0.15) is 0 Å². The smallest absolute Gasteiger partial charge is 0.296 e. The van der Waals surface area contributed by atoms with Crippen LogP contribution in [0.1, 0.15) is 26.1 Å². The molecule has 0 saturated carbocycles. The molecule has 4 heterocycles. The SMILES string of the molecule is C[C@@H]1OCCN(c2nc(N3CCOCC3)nc(-n3c(C(F)F)nc4ccc(N)cc43)n2)[C@@H]1C. The maximum absolute atomic E-state index is 14.0. The summed E-state index contributed by atoms with van der Waals surface area (Å²) in [6.07, 6.45) is -2.86. The van der Waals surface area contributed by atoms with E-state index in [1.54, 1.807) is 18.2 Å². The summed E-state index contributed by atoms with van der Waals surface area (Å²) in [4.78, 5) is 22.1. The summed E-state index contributed by atoms with van der Waals surface area (Å²) in [7, 11) is 0. The fraction of sp³-hybridized carbons (Fsp3) is 0.524. The zero-order valence-electron chi connectivity index (χ0n) is 18.5. The highest BCUT2D eigenvalue weighted by molar-refractivity contribution is 5.81. The molecule has 0 amide bonds. The van der Waals surface area contributed by atoms with Crippen LogP contribution < -0.4 is 15.5 Å². The Labute approximate surface area is 189 Å². The van der Waals surface area contributed by atoms with E-state index < -0.39 is 12.2 Å². The summed E-state index contributed by atoms with van der Waals surface area (Å²) in [6.45, 7) is 7.38. The van der Waals surface area contributed by atoms with Crippen LogP contribution in [0, 0.1) is 0 Å². The molecule has 33 heavy (non-hydrogen) atoms. The molecular weight excluding hydrogens is 434 g/mol. The number of nitrogen functional groups attached to an aromatic ring is 1. The van der Waals surface area contributed by atoms with Crippen molar-refractivity contribution in [1.82, 2.24) is 24.5 Å². The topological polar surface area (TPSA) is 107 Å². The van der Waals surface area contributed by atoms with Crippen molar-refractivity contribution in [2.75, 3.05) is 55.0 Å². The van der Waals surface area contributed by atoms with Crippen LogP contribution in [-0.4, -0.2) is 76.1 Å². The van der Waals surface area contributed by atoms with Gasteiger partial charge < -0.3 is 25.0 Å². The fourth-order valence-electron chi connectivity index (χ4n) is 4.16. The van der Waals surface area contributed by atoms with Crippen LogP contribution in [0.4, 0.5) is 26.4 Å². The van der Waals surface area contributed by atoms with Gasteiger partial charge in [0.15, 0.2) is 5.82 Å². The first-order valence-corrected chi connectivity index (χ1v) is 11.0. The van der Waals surface area contributed by atoms with Crippen LogP contribution in [-0.2, 0) is 9.47 Å². The fourth-order valence-corrected chi connectivity index (χ4v) is 4.16. The lowest BCUT2D eigenvalue weighted by molar-refractivity contribution is 0.0277. The highest BCUT2D eigenvalue weighted by atomic mass is 19.3. The van der Waals surface area contributed by atoms with Gasteiger partial charge in [-0.15, -0.1) is 0 Å². The average Bonchev–Trinajstić information content (AvgIpc) is 3.20. The van der Waals surface area contributed by atoms with Gasteiger partial charge in [-0.3, -0.25) is 4.57 Å². The van der Waals surface area contributed by atoms with Crippen LogP contribution in [0.5, 0.6) is 0 Å². The van der Waals surface area contributed by atoms with E-state index >= 15 is 0 Å². The largest absolute Gasteiger partial charge is 0.399 e. The minimum absolute atomic E-state index is 0.00344. The molecule has 2 saturated heterocycles. The number of aromatic nitrogens is 5. The zero-order valence-corrected chi connectivity index (χ0v) is 18.5. The Hall–Kier alpha value is -3.12. The van der Waals surface area contributed by atoms with E-state index in [1.165, 1.54) is 4.57 Å². The second-order valence-electron chi connectivity index (χ2n) is 8.20.